The lowest BCUT2D eigenvalue weighted by Crippen LogP contribution is -2.28. The molecule has 1 aromatic heterocycles. The zero-order chi connectivity index (χ0) is 10.7. The number of nitrogens with one attached hydrogen (secondary N) is 1. The van der Waals surface area contributed by atoms with Gasteiger partial charge in [0.05, 0.1) is 4.34 Å². The van der Waals surface area contributed by atoms with Crippen molar-refractivity contribution in [2.45, 2.75) is 38.6 Å². The molecule has 1 fully saturated rings. The molecule has 0 spiro atoms. The summed E-state index contributed by atoms with van der Waals surface area (Å²) in [5, 5.41) is 3.58. The van der Waals surface area contributed by atoms with Crippen LogP contribution in [0.5, 0.6) is 0 Å². The molecule has 1 nitrogen and oxygen atoms in total. The number of halogens is 1. The molecule has 0 radical (unpaired) electrons. The molecule has 1 atom stereocenters. The molecular weight excluding hydrogens is 226 g/mol. The number of hydrogen-bond donors (Lipinski definition) is 1. The van der Waals surface area contributed by atoms with Crippen LogP contribution in [0.1, 0.15) is 31.1 Å². The zero-order valence-electron chi connectivity index (χ0n) is 9.13. The lowest BCUT2D eigenvalue weighted by molar-refractivity contribution is 0.492. The molecule has 1 saturated carbocycles. The van der Waals surface area contributed by atoms with Crippen molar-refractivity contribution in [2.24, 2.45) is 5.92 Å². The lowest BCUT2D eigenvalue weighted by atomic mass is 10.1. The molecule has 1 unspecified atom stereocenters. The van der Waals surface area contributed by atoms with E-state index in [-0.39, 0.29) is 0 Å². The SMILES string of the molecule is CC(CC1CC1)NCCc1ccc(Cl)s1. The van der Waals surface area contributed by atoms with Gasteiger partial charge in [0.2, 0.25) is 0 Å². The smallest absolute Gasteiger partial charge is 0.0931 e. The summed E-state index contributed by atoms with van der Waals surface area (Å²) in [6.07, 6.45) is 5.36. The van der Waals surface area contributed by atoms with Crippen molar-refractivity contribution in [3.8, 4) is 0 Å². The maximum atomic E-state index is 5.88. The lowest BCUT2D eigenvalue weighted by Gasteiger charge is -2.12. The van der Waals surface area contributed by atoms with E-state index in [2.05, 4.69) is 18.3 Å². The second kappa shape index (κ2) is 5.33. The number of thiophene rings is 1. The second-order valence-electron chi connectivity index (χ2n) is 4.49. The average molecular weight is 244 g/mol. The first-order valence-corrected chi connectivity index (χ1v) is 6.91. The largest absolute Gasteiger partial charge is 0.314 e. The zero-order valence-corrected chi connectivity index (χ0v) is 10.7. The summed E-state index contributed by atoms with van der Waals surface area (Å²) >= 11 is 7.57. The molecule has 84 valence electrons. The molecule has 3 heteroatoms. The first-order chi connectivity index (χ1) is 7.24. The Hall–Kier alpha value is -0.0500. The molecule has 0 aliphatic heterocycles. The number of rotatable bonds is 6. The molecule has 0 saturated heterocycles. The topological polar surface area (TPSA) is 12.0 Å². The van der Waals surface area contributed by atoms with Crippen LogP contribution >= 0.6 is 22.9 Å². The Morgan fingerprint density at radius 2 is 2.33 bits per heavy atom. The summed E-state index contributed by atoms with van der Waals surface area (Å²) in [6.45, 7) is 3.37. The van der Waals surface area contributed by atoms with Gasteiger partial charge in [0, 0.05) is 17.5 Å². The Morgan fingerprint density at radius 3 is 2.93 bits per heavy atom. The quantitative estimate of drug-likeness (QED) is 0.803. The highest BCUT2D eigenvalue weighted by Crippen LogP contribution is 2.33. The van der Waals surface area contributed by atoms with Crippen LogP contribution in [0.4, 0.5) is 0 Å². The van der Waals surface area contributed by atoms with E-state index >= 15 is 0 Å². The first kappa shape index (κ1) is 11.4. The second-order valence-corrected chi connectivity index (χ2v) is 6.29. The number of hydrogen-bond acceptors (Lipinski definition) is 2. The van der Waals surface area contributed by atoms with Crippen molar-refractivity contribution < 1.29 is 0 Å². The van der Waals surface area contributed by atoms with Gasteiger partial charge in [-0.3, -0.25) is 0 Å². The van der Waals surface area contributed by atoms with Crippen LogP contribution < -0.4 is 5.32 Å². The van der Waals surface area contributed by atoms with Crippen molar-refractivity contribution in [1.29, 1.82) is 0 Å². The van der Waals surface area contributed by atoms with Crippen molar-refractivity contribution in [1.82, 2.24) is 5.32 Å². The molecule has 1 heterocycles. The van der Waals surface area contributed by atoms with Gasteiger partial charge in [0.1, 0.15) is 0 Å². The highest BCUT2D eigenvalue weighted by molar-refractivity contribution is 7.16. The predicted octanol–water partition coefficient (Wildman–Crippen LogP) is 3.72. The van der Waals surface area contributed by atoms with Gasteiger partial charge in [-0.25, -0.2) is 0 Å². The molecule has 0 aromatic carbocycles. The highest BCUT2D eigenvalue weighted by atomic mass is 35.5. The minimum atomic E-state index is 0.674. The van der Waals surface area contributed by atoms with Gasteiger partial charge in [-0.05, 0) is 37.8 Å². The van der Waals surface area contributed by atoms with Crippen LogP contribution in [0.25, 0.3) is 0 Å². The van der Waals surface area contributed by atoms with E-state index in [0.717, 1.165) is 23.2 Å². The van der Waals surface area contributed by atoms with Gasteiger partial charge in [0.25, 0.3) is 0 Å². The summed E-state index contributed by atoms with van der Waals surface area (Å²) in [7, 11) is 0. The van der Waals surface area contributed by atoms with Crippen LogP contribution in [0.3, 0.4) is 0 Å². The van der Waals surface area contributed by atoms with Gasteiger partial charge in [0.15, 0.2) is 0 Å². The van der Waals surface area contributed by atoms with Crippen LogP contribution in [-0.4, -0.2) is 12.6 Å². The molecular formula is C12H18ClNS. The molecule has 0 amide bonds. The fourth-order valence-corrected chi connectivity index (χ4v) is 2.95. The van der Waals surface area contributed by atoms with Crippen LogP contribution in [0, 0.1) is 5.92 Å². The van der Waals surface area contributed by atoms with E-state index < -0.39 is 0 Å². The summed E-state index contributed by atoms with van der Waals surface area (Å²) in [4.78, 5) is 1.38. The van der Waals surface area contributed by atoms with E-state index in [0.29, 0.717) is 6.04 Å². The fourth-order valence-electron chi connectivity index (χ4n) is 1.86. The monoisotopic (exact) mass is 243 g/mol. The molecule has 1 aliphatic rings. The van der Waals surface area contributed by atoms with Gasteiger partial charge < -0.3 is 5.32 Å². The Kier molecular flexibility index (Phi) is 4.06. The summed E-state index contributed by atoms with van der Waals surface area (Å²) in [5.74, 6) is 1.02. The van der Waals surface area contributed by atoms with Crippen LogP contribution in [-0.2, 0) is 6.42 Å². The van der Waals surface area contributed by atoms with Crippen molar-refractivity contribution >= 4 is 22.9 Å². The van der Waals surface area contributed by atoms with Gasteiger partial charge in [-0.15, -0.1) is 11.3 Å². The molecule has 2 rings (SSSR count). The Bertz CT molecular complexity index is 306. The molecule has 1 N–H and O–H groups in total. The van der Waals surface area contributed by atoms with E-state index in [1.54, 1.807) is 11.3 Å². The molecule has 0 bridgehead atoms. The molecule has 1 aliphatic carbocycles. The predicted molar refractivity (Wildman–Crippen MR) is 67.8 cm³/mol. The normalized spacial score (nSPS) is 18.0. The third-order valence-corrected chi connectivity index (χ3v) is 4.17. The Balaban J connectivity index is 1.61. The maximum Gasteiger partial charge on any atom is 0.0931 e. The van der Waals surface area contributed by atoms with Crippen molar-refractivity contribution in [3.63, 3.8) is 0 Å². The van der Waals surface area contributed by atoms with Gasteiger partial charge in [-0.1, -0.05) is 24.4 Å². The van der Waals surface area contributed by atoms with Crippen LogP contribution in [0.2, 0.25) is 4.34 Å². The standard InChI is InChI=1S/C12H18ClNS/c1-9(8-10-2-3-10)14-7-6-11-4-5-12(13)15-11/h4-5,9-10,14H,2-3,6-8H2,1H3. The summed E-state index contributed by atoms with van der Waals surface area (Å²) < 4.78 is 0.899. The maximum absolute atomic E-state index is 5.88. The van der Waals surface area contributed by atoms with Crippen LogP contribution in [0.15, 0.2) is 12.1 Å². The van der Waals surface area contributed by atoms with Crippen molar-refractivity contribution in [2.75, 3.05) is 6.54 Å². The molecule has 15 heavy (non-hydrogen) atoms. The summed E-state index contributed by atoms with van der Waals surface area (Å²) in [6, 6.07) is 4.78. The summed E-state index contributed by atoms with van der Waals surface area (Å²) in [5.41, 5.74) is 0. The molecule has 1 aromatic rings. The fraction of sp³-hybridized carbons (Fsp3) is 0.667. The van der Waals surface area contributed by atoms with Gasteiger partial charge in [-0.2, -0.15) is 0 Å². The Morgan fingerprint density at radius 1 is 1.53 bits per heavy atom. The van der Waals surface area contributed by atoms with Gasteiger partial charge >= 0.3 is 0 Å². The van der Waals surface area contributed by atoms with Crippen molar-refractivity contribution in [3.05, 3.63) is 21.3 Å². The average Bonchev–Trinajstić information content (AvgIpc) is 2.89. The Labute approximate surface area is 101 Å². The van der Waals surface area contributed by atoms with E-state index in [1.165, 1.54) is 24.1 Å². The van der Waals surface area contributed by atoms with E-state index in [9.17, 15) is 0 Å². The highest BCUT2D eigenvalue weighted by Gasteiger charge is 2.23. The van der Waals surface area contributed by atoms with E-state index in [4.69, 9.17) is 11.6 Å². The van der Waals surface area contributed by atoms with E-state index in [1.807, 2.05) is 6.07 Å². The minimum Gasteiger partial charge on any atom is -0.314 e. The minimum absolute atomic E-state index is 0.674. The third-order valence-electron chi connectivity index (χ3n) is 2.88. The first-order valence-electron chi connectivity index (χ1n) is 5.71. The third kappa shape index (κ3) is 4.13.